The number of aromatic nitrogens is 2. The zero-order valence-electron chi connectivity index (χ0n) is 10.4. The zero-order valence-corrected chi connectivity index (χ0v) is 12.8. The molecule has 0 aliphatic rings. The summed E-state index contributed by atoms with van der Waals surface area (Å²) in [6, 6.07) is 0. The number of rotatable bonds is 5. The molecule has 0 spiro atoms. The largest absolute Gasteiger partial charge is 0.391 e. The molecule has 0 bridgehead atoms. The normalized spacial score (nSPS) is 11.7. The van der Waals surface area contributed by atoms with Crippen molar-refractivity contribution in [3.05, 3.63) is 20.8 Å². The number of thiophene rings is 1. The second kappa shape index (κ2) is 5.53. The van der Waals surface area contributed by atoms with Crippen LogP contribution in [0.15, 0.2) is 10.3 Å². The fourth-order valence-corrected chi connectivity index (χ4v) is 5.14. The van der Waals surface area contributed by atoms with Gasteiger partial charge in [0.1, 0.15) is 9.90 Å². The highest BCUT2D eigenvalue weighted by Gasteiger charge is 2.24. The van der Waals surface area contributed by atoms with Gasteiger partial charge in [0.05, 0.1) is 11.5 Å². The van der Waals surface area contributed by atoms with Crippen LogP contribution in [-0.4, -0.2) is 23.7 Å². The maximum Gasteiger partial charge on any atom is 0.265 e. The fourth-order valence-electron chi connectivity index (χ4n) is 1.56. The Morgan fingerprint density at radius 2 is 2.16 bits per heavy atom. The van der Waals surface area contributed by atoms with Crippen molar-refractivity contribution in [3.8, 4) is 0 Å². The molecular formula is C10H13N3O3S3. The molecule has 0 unspecified atom stereocenters. The van der Waals surface area contributed by atoms with Gasteiger partial charge in [-0.15, -0.1) is 21.5 Å². The fraction of sp³-hybridized carbons (Fsp3) is 0.400. The molecule has 9 heteroatoms. The van der Waals surface area contributed by atoms with Crippen molar-refractivity contribution < 1.29 is 13.5 Å². The first-order chi connectivity index (χ1) is 8.97. The van der Waals surface area contributed by atoms with E-state index in [4.69, 9.17) is 0 Å². The van der Waals surface area contributed by atoms with Gasteiger partial charge < -0.3 is 5.11 Å². The van der Waals surface area contributed by atoms with Crippen molar-refractivity contribution in [3.63, 3.8) is 0 Å². The molecule has 2 heterocycles. The third-order valence-corrected chi connectivity index (χ3v) is 6.29. The van der Waals surface area contributed by atoms with Crippen LogP contribution in [0, 0.1) is 6.92 Å². The number of hydrogen-bond donors (Lipinski definition) is 2. The molecule has 0 saturated carbocycles. The predicted octanol–water partition coefficient (Wildman–Crippen LogP) is 1.76. The number of nitrogens with one attached hydrogen (secondary N) is 1. The zero-order chi connectivity index (χ0) is 14.0. The summed E-state index contributed by atoms with van der Waals surface area (Å²) < 4.78 is 27.0. The molecule has 2 N–H and O–H groups in total. The number of nitrogens with zero attached hydrogens (tertiary/aromatic N) is 2. The lowest BCUT2D eigenvalue weighted by Crippen LogP contribution is -2.14. The summed E-state index contributed by atoms with van der Waals surface area (Å²) in [5.41, 5.74) is 0.613. The van der Waals surface area contributed by atoms with Crippen molar-refractivity contribution in [2.24, 2.45) is 0 Å². The molecule has 0 aliphatic heterocycles. The monoisotopic (exact) mass is 319 g/mol. The van der Waals surface area contributed by atoms with Gasteiger partial charge >= 0.3 is 0 Å². The minimum absolute atomic E-state index is 0.133. The lowest BCUT2D eigenvalue weighted by atomic mass is 10.3. The van der Waals surface area contributed by atoms with E-state index >= 15 is 0 Å². The number of aryl methyl sites for hydroxylation is 2. The SMILES string of the molecule is CCc1nnc(NS(=O)(=O)c2c(C)csc2CO)s1. The van der Waals surface area contributed by atoms with Crippen molar-refractivity contribution in [2.45, 2.75) is 31.8 Å². The molecule has 0 radical (unpaired) electrons. The summed E-state index contributed by atoms with van der Waals surface area (Å²) in [6.45, 7) is 3.32. The van der Waals surface area contributed by atoms with Crippen LogP contribution in [0.5, 0.6) is 0 Å². The Morgan fingerprint density at radius 1 is 1.42 bits per heavy atom. The maximum atomic E-state index is 12.3. The second-order valence-electron chi connectivity index (χ2n) is 3.79. The first kappa shape index (κ1) is 14.4. The minimum Gasteiger partial charge on any atom is -0.391 e. The third-order valence-electron chi connectivity index (χ3n) is 2.39. The third kappa shape index (κ3) is 2.94. The maximum absolute atomic E-state index is 12.3. The van der Waals surface area contributed by atoms with Gasteiger partial charge in [0.2, 0.25) is 5.13 Å². The molecular weight excluding hydrogens is 306 g/mol. The molecule has 2 aromatic rings. The molecule has 0 fully saturated rings. The lowest BCUT2D eigenvalue weighted by molar-refractivity contribution is 0.282. The summed E-state index contributed by atoms with van der Waals surface area (Å²) in [4.78, 5) is 0.554. The molecule has 2 aromatic heterocycles. The van der Waals surface area contributed by atoms with Crippen LogP contribution in [0.2, 0.25) is 0 Å². The Bertz CT molecular complexity index is 675. The van der Waals surface area contributed by atoms with E-state index in [0.29, 0.717) is 16.9 Å². The van der Waals surface area contributed by atoms with Crippen LogP contribution < -0.4 is 4.72 Å². The van der Waals surface area contributed by atoms with Crippen LogP contribution in [0.25, 0.3) is 0 Å². The predicted molar refractivity (Wildman–Crippen MR) is 75.1 cm³/mol. The van der Waals surface area contributed by atoms with Crippen LogP contribution in [0.1, 0.15) is 22.4 Å². The molecule has 19 heavy (non-hydrogen) atoms. The Balaban J connectivity index is 2.34. The van der Waals surface area contributed by atoms with Gasteiger partial charge in [0, 0.05) is 0 Å². The second-order valence-corrected chi connectivity index (χ2v) is 7.43. The first-order valence-corrected chi connectivity index (χ1v) is 8.69. The van der Waals surface area contributed by atoms with E-state index in [1.165, 1.54) is 22.7 Å². The summed E-state index contributed by atoms with van der Waals surface area (Å²) in [5, 5.41) is 19.6. The molecule has 0 saturated heterocycles. The number of sulfonamides is 1. The number of hydrogen-bond acceptors (Lipinski definition) is 7. The van der Waals surface area contributed by atoms with Gasteiger partial charge in [0.15, 0.2) is 0 Å². The standard InChI is InChI=1S/C10H13N3O3S3/c1-3-8-11-12-10(18-8)13-19(15,16)9-6(2)5-17-7(9)4-14/h5,14H,3-4H2,1-2H3,(H,12,13). The summed E-state index contributed by atoms with van der Waals surface area (Å²) in [6.07, 6.45) is 0.707. The molecule has 0 aliphatic carbocycles. The number of aliphatic hydroxyl groups is 1. The highest BCUT2D eigenvalue weighted by molar-refractivity contribution is 7.93. The Morgan fingerprint density at radius 3 is 2.74 bits per heavy atom. The smallest absolute Gasteiger partial charge is 0.265 e. The average molecular weight is 319 g/mol. The Kier molecular flexibility index (Phi) is 4.19. The van der Waals surface area contributed by atoms with Gasteiger partial charge in [-0.05, 0) is 24.3 Å². The van der Waals surface area contributed by atoms with Crippen LogP contribution in [0.3, 0.4) is 0 Å². The highest BCUT2D eigenvalue weighted by Crippen LogP contribution is 2.29. The van der Waals surface area contributed by atoms with Gasteiger partial charge in [0.25, 0.3) is 10.0 Å². The molecule has 2 rings (SSSR count). The number of anilines is 1. The van der Waals surface area contributed by atoms with E-state index < -0.39 is 10.0 Å². The molecule has 0 aromatic carbocycles. The van der Waals surface area contributed by atoms with Gasteiger partial charge in [-0.1, -0.05) is 18.3 Å². The van der Waals surface area contributed by atoms with Gasteiger partial charge in [-0.3, -0.25) is 4.72 Å². The first-order valence-electron chi connectivity index (χ1n) is 5.51. The van der Waals surface area contributed by atoms with Crippen molar-refractivity contribution in [2.75, 3.05) is 4.72 Å². The number of aliphatic hydroxyl groups excluding tert-OH is 1. The van der Waals surface area contributed by atoms with Gasteiger partial charge in [-0.25, -0.2) is 8.42 Å². The highest BCUT2D eigenvalue weighted by atomic mass is 32.2. The Labute approximate surface area is 119 Å². The summed E-state index contributed by atoms with van der Waals surface area (Å²) >= 11 is 2.43. The van der Waals surface area contributed by atoms with E-state index in [0.717, 1.165) is 5.01 Å². The quantitative estimate of drug-likeness (QED) is 0.876. The molecule has 0 atom stereocenters. The average Bonchev–Trinajstić information content (AvgIpc) is 2.95. The van der Waals surface area contributed by atoms with E-state index in [9.17, 15) is 13.5 Å². The topological polar surface area (TPSA) is 92.2 Å². The summed E-state index contributed by atoms with van der Waals surface area (Å²) in [7, 11) is -3.73. The van der Waals surface area contributed by atoms with Crippen molar-refractivity contribution >= 4 is 37.8 Å². The summed E-state index contributed by atoms with van der Waals surface area (Å²) in [5.74, 6) is 0. The molecule has 104 valence electrons. The van der Waals surface area contributed by atoms with E-state index in [1.807, 2.05) is 6.92 Å². The molecule has 6 nitrogen and oxygen atoms in total. The molecule has 0 amide bonds. The minimum atomic E-state index is -3.73. The van der Waals surface area contributed by atoms with E-state index in [1.54, 1.807) is 12.3 Å². The van der Waals surface area contributed by atoms with Crippen molar-refractivity contribution in [1.82, 2.24) is 10.2 Å². The van der Waals surface area contributed by atoms with Gasteiger partial charge in [-0.2, -0.15) is 0 Å². The van der Waals surface area contributed by atoms with Crippen LogP contribution in [-0.2, 0) is 23.1 Å². The van der Waals surface area contributed by atoms with Crippen molar-refractivity contribution in [1.29, 1.82) is 0 Å². The van der Waals surface area contributed by atoms with E-state index in [-0.39, 0.29) is 16.6 Å². The van der Waals surface area contributed by atoms with Crippen LogP contribution >= 0.6 is 22.7 Å². The Hall–Kier alpha value is -1.03. The van der Waals surface area contributed by atoms with E-state index in [2.05, 4.69) is 14.9 Å². The lowest BCUT2D eigenvalue weighted by Gasteiger charge is -2.06. The van der Waals surface area contributed by atoms with Crippen LogP contribution in [0.4, 0.5) is 5.13 Å².